The van der Waals surface area contributed by atoms with E-state index in [1.807, 2.05) is 0 Å². The summed E-state index contributed by atoms with van der Waals surface area (Å²) in [6.07, 6.45) is -2.88. The maximum Gasteiger partial charge on any atom is 0.416 e. The zero-order chi connectivity index (χ0) is 21.9. The second kappa shape index (κ2) is 8.57. The lowest BCUT2D eigenvalue weighted by atomic mass is 10.0. The van der Waals surface area contributed by atoms with Crippen LogP contribution in [0.15, 0.2) is 42.5 Å². The predicted molar refractivity (Wildman–Crippen MR) is 100 cm³/mol. The molecule has 0 aliphatic heterocycles. The summed E-state index contributed by atoms with van der Waals surface area (Å²) in [6.45, 7) is 0. The number of carboxylic acids is 1. The molecule has 0 saturated heterocycles. The van der Waals surface area contributed by atoms with Crippen molar-refractivity contribution < 1.29 is 32.3 Å². The second-order valence-corrected chi connectivity index (χ2v) is 7.00. The SMILES string of the molecule is O=C(N[C@@H](Cc1ccc(C#CC2CC2)c(F)c1)C(=O)O)c1cccc(C(F)(F)F)c1. The summed E-state index contributed by atoms with van der Waals surface area (Å²) in [4.78, 5) is 23.8. The molecule has 1 aliphatic rings. The van der Waals surface area contributed by atoms with Gasteiger partial charge in [-0.1, -0.05) is 24.0 Å². The molecule has 0 unspecified atom stereocenters. The largest absolute Gasteiger partial charge is 0.480 e. The molecule has 2 N–H and O–H groups in total. The normalized spacial score (nSPS) is 14.4. The van der Waals surface area contributed by atoms with Gasteiger partial charge in [0.25, 0.3) is 5.91 Å². The number of alkyl halides is 3. The average Bonchev–Trinajstić information content (AvgIpc) is 3.50. The van der Waals surface area contributed by atoms with Crippen LogP contribution in [0.2, 0.25) is 0 Å². The number of carboxylic acid groups (broad SMARTS) is 1. The number of halogens is 4. The molecule has 1 saturated carbocycles. The quantitative estimate of drug-likeness (QED) is 0.568. The van der Waals surface area contributed by atoms with Crippen molar-refractivity contribution in [1.82, 2.24) is 5.32 Å². The Morgan fingerprint density at radius 3 is 2.50 bits per heavy atom. The van der Waals surface area contributed by atoms with Gasteiger partial charge in [-0.2, -0.15) is 13.2 Å². The minimum atomic E-state index is -4.63. The first kappa shape index (κ1) is 21.4. The van der Waals surface area contributed by atoms with Crippen molar-refractivity contribution in [3.05, 3.63) is 70.5 Å². The highest BCUT2D eigenvalue weighted by Crippen LogP contribution is 2.29. The molecule has 3 rings (SSSR count). The van der Waals surface area contributed by atoms with Gasteiger partial charge in [0.2, 0.25) is 0 Å². The van der Waals surface area contributed by atoms with Gasteiger partial charge in [0, 0.05) is 17.9 Å². The van der Waals surface area contributed by atoms with Crippen LogP contribution in [0, 0.1) is 23.6 Å². The molecule has 1 aliphatic carbocycles. The van der Waals surface area contributed by atoms with Crippen LogP contribution in [0.1, 0.15) is 39.9 Å². The molecule has 1 atom stereocenters. The molecule has 156 valence electrons. The number of hydrogen-bond acceptors (Lipinski definition) is 2. The van der Waals surface area contributed by atoms with E-state index in [-0.39, 0.29) is 17.5 Å². The maximum absolute atomic E-state index is 14.2. The fraction of sp³-hybridized carbons (Fsp3) is 0.273. The fourth-order valence-electron chi connectivity index (χ4n) is 2.71. The summed E-state index contributed by atoms with van der Waals surface area (Å²) in [5, 5.41) is 11.6. The van der Waals surface area contributed by atoms with Crippen LogP contribution in [0.3, 0.4) is 0 Å². The minimum Gasteiger partial charge on any atom is -0.480 e. The molecule has 2 aromatic carbocycles. The lowest BCUT2D eigenvalue weighted by Crippen LogP contribution is -2.42. The third-order valence-corrected chi connectivity index (χ3v) is 4.52. The van der Waals surface area contributed by atoms with E-state index in [2.05, 4.69) is 17.2 Å². The van der Waals surface area contributed by atoms with E-state index in [4.69, 9.17) is 0 Å². The number of amides is 1. The van der Waals surface area contributed by atoms with Crippen LogP contribution in [-0.2, 0) is 17.4 Å². The second-order valence-electron chi connectivity index (χ2n) is 7.00. The number of carbonyl (C=O) groups is 2. The Labute approximate surface area is 169 Å². The summed E-state index contributed by atoms with van der Waals surface area (Å²) in [6, 6.07) is 6.29. The fourth-order valence-corrected chi connectivity index (χ4v) is 2.71. The molecule has 0 aromatic heterocycles. The molecule has 4 nitrogen and oxygen atoms in total. The van der Waals surface area contributed by atoms with Crippen LogP contribution in [0.4, 0.5) is 17.6 Å². The molecule has 0 bridgehead atoms. The Bertz CT molecular complexity index is 1030. The first-order chi connectivity index (χ1) is 14.1. The average molecular weight is 419 g/mol. The van der Waals surface area contributed by atoms with Crippen molar-refractivity contribution in [3.63, 3.8) is 0 Å². The van der Waals surface area contributed by atoms with Crippen molar-refractivity contribution in [2.75, 3.05) is 0 Å². The Hall–Kier alpha value is -3.34. The van der Waals surface area contributed by atoms with Gasteiger partial charge in [0.15, 0.2) is 0 Å². The van der Waals surface area contributed by atoms with Crippen molar-refractivity contribution in [1.29, 1.82) is 0 Å². The molecule has 1 fully saturated rings. The molecule has 0 spiro atoms. The summed E-state index contributed by atoms with van der Waals surface area (Å²) in [7, 11) is 0. The Balaban J connectivity index is 1.72. The topological polar surface area (TPSA) is 66.4 Å². The zero-order valence-electron chi connectivity index (χ0n) is 15.6. The van der Waals surface area contributed by atoms with Crippen LogP contribution >= 0.6 is 0 Å². The first-order valence-corrected chi connectivity index (χ1v) is 9.14. The van der Waals surface area contributed by atoms with Gasteiger partial charge in [-0.25, -0.2) is 9.18 Å². The number of hydrogen-bond donors (Lipinski definition) is 2. The Morgan fingerprint density at radius 2 is 1.90 bits per heavy atom. The molecule has 1 amide bonds. The first-order valence-electron chi connectivity index (χ1n) is 9.14. The van der Waals surface area contributed by atoms with Crippen molar-refractivity contribution in [2.45, 2.75) is 31.5 Å². The van der Waals surface area contributed by atoms with Gasteiger partial charge in [0.1, 0.15) is 11.9 Å². The number of aliphatic carboxylic acids is 1. The van der Waals surface area contributed by atoms with Crippen LogP contribution in [-0.4, -0.2) is 23.0 Å². The summed E-state index contributed by atoms with van der Waals surface area (Å²) in [5.41, 5.74) is -0.841. The Morgan fingerprint density at radius 1 is 1.17 bits per heavy atom. The lowest BCUT2D eigenvalue weighted by Gasteiger charge is -2.16. The third kappa shape index (κ3) is 5.60. The van der Waals surface area contributed by atoms with E-state index in [1.54, 1.807) is 0 Å². The van der Waals surface area contributed by atoms with E-state index < -0.39 is 35.5 Å². The van der Waals surface area contributed by atoms with Crippen LogP contribution in [0.25, 0.3) is 0 Å². The number of nitrogens with one attached hydrogen (secondary N) is 1. The standard InChI is InChI=1S/C22H17F4NO3/c23-18-10-14(7-9-15(18)8-6-13-4-5-13)11-19(21(29)30)27-20(28)16-2-1-3-17(12-16)22(24,25)26/h1-3,7,9-10,12-13,19H,4-5,11H2,(H,27,28)(H,29,30)/t19-/m0/s1. The third-order valence-electron chi connectivity index (χ3n) is 4.52. The lowest BCUT2D eigenvalue weighted by molar-refractivity contribution is -0.139. The predicted octanol–water partition coefficient (Wildman–Crippen LogP) is 4.03. The Kier molecular flexibility index (Phi) is 6.11. The van der Waals surface area contributed by atoms with Gasteiger partial charge in [-0.05, 0) is 48.7 Å². The molecule has 8 heteroatoms. The van der Waals surface area contributed by atoms with E-state index in [9.17, 15) is 32.3 Å². The van der Waals surface area contributed by atoms with E-state index >= 15 is 0 Å². The van der Waals surface area contributed by atoms with Crippen LogP contribution in [0.5, 0.6) is 0 Å². The number of rotatable bonds is 5. The van der Waals surface area contributed by atoms with Crippen LogP contribution < -0.4 is 5.32 Å². The van der Waals surface area contributed by atoms with E-state index in [0.717, 1.165) is 37.1 Å². The van der Waals surface area contributed by atoms with Crippen molar-refractivity contribution in [3.8, 4) is 11.8 Å². The molecule has 2 aromatic rings. The maximum atomic E-state index is 14.2. The molecule has 0 heterocycles. The highest BCUT2D eigenvalue weighted by molar-refractivity contribution is 5.96. The number of benzene rings is 2. The van der Waals surface area contributed by atoms with Crippen molar-refractivity contribution >= 4 is 11.9 Å². The van der Waals surface area contributed by atoms with Crippen molar-refractivity contribution in [2.24, 2.45) is 5.92 Å². The van der Waals surface area contributed by atoms with E-state index in [0.29, 0.717) is 17.5 Å². The molecular formula is C22H17F4NO3. The summed E-state index contributed by atoms with van der Waals surface area (Å²) >= 11 is 0. The molecular weight excluding hydrogens is 402 g/mol. The van der Waals surface area contributed by atoms with Gasteiger partial charge >= 0.3 is 12.1 Å². The summed E-state index contributed by atoms with van der Waals surface area (Å²) < 4.78 is 52.6. The van der Waals surface area contributed by atoms with Gasteiger partial charge in [0.05, 0.1) is 11.1 Å². The highest BCUT2D eigenvalue weighted by atomic mass is 19.4. The minimum absolute atomic E-state index is 0.200. The van der Waals surface area contributed by atoms with E-state index in [1.165, 1.54) is 12.1 Å². The van der Waals surface area contributed by atoms with Gasteiger partial charge < -0.3 is 10.4 Å². The highest BCUT2D eigenvalue weighted by Gasteiger charge is 2.31. The molecule has 30 heavy (non-hydrogen) atoms. The summed E-state index contributed by atoms with van der Waals surface area (Å²) in [5.74, 6) is 3.01. The molecule has 0 radical (unpaired) electrons. The smallest absolute Gasteiger partial charge is 0.416 e. The number of carbonyl (C=O) groups excluding carboxylic acids is 1. The van der Waals surface area contributed by atoms with Gasteiger partial charge in [-0.15, -0.1) is 0 Å². The van der Waals surface area contributed by atoms with Gasteiger partial charge in [-0.3, -0.25) is 4.79 Å². The monoisotopic (exact) mass is 419 g/mol. The zero-order valence-corrected chi connectivity index (χ0v) is 15.6.